The molecule has 4 unspecified atom stereocenters. The predicted molar refractivity (Wildman–Crippen MR) is 86.9 cm³/mol. The maximum absolute atomic E-state index is 9.65. The van der Waals surface area contributed by atoms with Crippen LogP contribution in [0.4, 0.5) is 0 Å². The zero-order valence-corrected chi connectivity index (χ0v) is 14.2. The first-order valence-corrected chi connectivity index (χ1v) is 7.96. The summed E-state index contributed by atoms with van der Waals surface area (Å²) in [4.78, 5) is 0. The lowest BCUT2D eigenvalue weighted by atomic mass is 10.0. The van der Waals surface area contributed by atoms with Crippen molar-refractivity contribution in [1.29, 1.82) is 0 Å². The highest BCUT2D eigenvalue weighted by Gasteiger charge is 2.37. The van der Waals surface area contributed by atoms with Crippen molar-refractivity contribution >= 4 is 0 Å². The number of aryl methyl sites for hydroxylation is 1. The highest BCUT2D eigenvalue weighted by molar-refractivity contribution is 5.26. The fraction of sp³-hybridized carbons (Fsp3) is 0.647. The lowest BCUT2D eigenvalue weighted by Crippen LogP contribution is -2.51. The fourth-order valence-electron chi connectivity index (χ4n) is 1.91. The van der Waals surface area contributed by atoms with Gasteiger partial charge in [-0.2, -0.15) is 0 Å². The van der Waals surface area contributed by atoms with Crippen molar-refractivity contribution < 1.29 is 24.8 Å². The van der Waals surface area contributed by atoms with Crippen LogP contribution in [0, 0.1) is 6.92 Å². The van der Waals surface area contributed by atoms with Crippen molar-refractivity contribution in [3.63, 3.8) is 0 Å². The van der Waals surface area contributed by atoms with Gasteiger partial charge in [-0.3, -0.25) is 0 Å². The second kappa shape index (κ2) is 11.4. The molecule has 0 saturated carbocycles. The van der Waals surface area contributed by atoms with Crippen LogP contribution in [0.5, 0.6) is 5.75 Å². The molecule has 1 aromatic carbocycles. The van der Waals surface area contributed by atoms with E-state index in [-0.39, 0.29) is 13.0 Å². The quantitative estimate of drug-likeness (QED) is 0.797. The molecule has 22 heavy (non-hydrogen) atoms. The van der Waals surface area contributed by atoms with E-state index in [0.29, 0.717) is 5.75 Å². The molecule has 0 amide bonds. The van der Waals surface area contributed by atoms with Gasteiger partial charge in [0, 0.05) is 6.42 Å². The maximum atomic E-state index is 9.65. The van der Waals surface area contributed by atoms with E-state index in [9.17, 15) is 10.2 Å². The number of aliphatic hydroxyl groups excluding tert-OH is 3. The molecule has 0 spiro atoms. The van der Waals surface area contributed by atoms with Crippen LogP contribution in [0.3, 0.4) is 0 Å². The lowest BCUT2D eigenvalue weighted by molar-refractivity contribution is -0.229. The number of hydrogen-bond donors (Lipinski definition) is 3. The van der Waals surface area contributed by atoms with E-state index in [0.717, 1.165) is 5.56 Å². The van der Waals surface area contributed by atoms with Gasteiger partial charge < -0.3 is 24.8 Å². The van der Waals surface area contributed by atoms with Crippen LogP contribution in [-0.4, -0.2) is 46.5 Å². The predicted octanol–water partition coefficient (Wildman–Crippen LogP) is 2.26. The van der Waals surface area contributed by atoms with Crippen molar-refractivity contribution in [1.82, 2.24) is 0 Å². The standard InChI is InChI=1S/C13H18O5.2C2H6/c1-8-2-4-9(5-3-8)17-12-6-10(15)13(16)11(7-14)18-12;2*1-2/h2-5,10-16H,6-7H2,1H3;2*1-2H3. The third-order valence-electron chi connectivity index (χ3n) is 3.00. The van der Waals surface area contributed by atoms with Crippen molar-refractivity contribution in [3.05, 3.63) is 29.8 Å². The second-order valence-corrected chi connectivity index (χ2v) is 4.51. The number of rotatable bonds is 3. The lowest BCUT2D eigenvalue weighted by Gasteiger charge is -2.36. The molecule has 1 aliphatic heterocycles. The average molecular weight is 314 g/mol. The molecule has 1 aliphatic rings. The molecule has 0 aliphatic carbocycles. The highest BCUT2D eigenvalue weighted by atomic mass is 16.7. The topological polar surface area (TPSA) is 79.2 Å². The van der Waals surface area contributed by atoms with E-state index in [1.807, 2.05) is 58.9 Å². The molecule has 0 radical (unpaired) electrons. The summed E-state index contributed by atoms with van der Waals surface area (Å²) in [6.07, 6.45) is -3.34. The van der Waals surface area contributed by atoms with Gasteiger partial charge in [-0.25, -0.2) is 0 Å². The molecule has 128 valence electrons. The Morgan fingerprint density at radius 1 is 1.09 bits per heavy atom. The Kier molecular flexibility index (Phi) is 10.8. The fourth-order valence-corrected chi connectivity index (χ4v) is 1.91. The van der Waals surface area contributed by atoms with E-state index >= 15 is 0 Å². The van der Waals surface area contributed by atoms with E-state index in [4.69, 9.17) is 14.6 Å². The summed E-state index contributed by atoms with van der Waals surface area (Å²) in [6.45, 7) is 9.62. The molecule has 5 nitrogen and oxygen atoms in total. The van der Waals surface area contributed by atoms with Crippen LogP contribution in [-0.2, 0) is 4.74 Å². The number of benzene rings is 1. The minimum atomic E-state index is -1.08. The first-order valence-electron chi connectivity index (χ1n) is 7.96. The molecule has 1 fully saturated rings. The largest absolute Gasteiger partial charge is 0.465 e. The smallest absolute Gasteiger partial charge is 0.202 e. The Labute approximate surface area is 133 Å². The van der Waals surface area contributed by atoms with Crippen LogP contribution in [0.2, 0.25) is 0 Å². The molecule has 4 atom stereocenters. The average Bonchev–Trinajstić information content (AvgIpc) is 2.56. The first-order chi connectivity index (χ1) is 10.6. The summed E-state index contributed by atoms with van der Waals surface area (Å²) in [5.74, 6) is 0.630. The summed E-state index contributed by atoms with van der Waals surface area (Å²) >= 11 is 0. The Bertz CT molecular complexity index is 379. The monoisotopic (exact) mass is 314 g/mol. The number of aliphatic hydroxyl groups is 3. The molecule has 0 aromatic heterocycles. The molecule has 1 heterocycles. The van der Waals surface area contributed by atoms with E-state index < -0.39 is 24.6 Å². The zero-order valence-electron chi connectivity index (χ0n) is 14.2. The third-order valence-corrected chi connectivity index (χ3v) is 3.00. The summed E-state index contributed by atoms with van der Waals surface area (Å²) in [6, 6.07) is 7.44. The van der Waals surface area contributed by atoms with Crippen molar-refractivity contribution in [3.8, 4) is 5.75 Å². The van der Waals surface area contributed by atoms with Crippen LogP contribution in [0.25, 0.3) is 0 Å². The summed E-state index contributed by atoms with van der Waals surface area (Å²) in [5.41, 5.74) is 1.12. The summed E-state index contributed by atoms with van der Waals surface area (Å²) in [5, 5.41) is 28.3. The molecule has 5 heteroatoms. The van der Waals surface area contributed by atoms with Crippen molar-refractivity contribution in [2.24, 2.45) is 0 Å². The van der Waals surface area contributed by atoms with Gasteiger partial charge in [-0.05, 0) is 19.1 Å². The highest BCUT2D eigenvalue weighted by Crippen LogP contribution is 2.23. The van der Waals surface area contributed by atoms with Gasteiger partial charge in [0.1, 0.15) is 18.0 Å². The Hall–Kier alpha value is -1.14. The van der Waals surface area contributed by atoms with E-state index in [1.165, 1.54) is 0 Å². The summed E-state index contributed by atoms with van der Waals surface area (Å²) < 4.78 is 10.9. The zero-order chi connectivity index (χ0) is 17.1. The molecule has 2 rings (SSSR count). The van der Waals surface area contributed by atoms with Gasteiger partial charge in [0.05, 0.1) is 12.7 Å². The van der Waals surface area contributed by atoms with Gasteiger partial charge in [0.2, 0.25) is 6.29 Å². The molecule has 1 aromatic rings. The molecule has 1 saturated heterocycles. The molecular formula is C17H30O5. The minimum absolute atomic E-state index is 0.172. The van der Waals surface area contributed by atoms with Gasteiger partial charge in [-0.1, -0.05) is 45.4 Å². The van der Waals surface area contributed by atoms with Gasteiger partial charge in [0.25, 0.3) is 0 Å². The second-order valence-electron chi connectivity index (χ2n) is 4.51. The van der Waals surface area contributed by atoms with Crippen LogP contribution in [0.1, 0.15) is 39.7 Å². The van der Waals surface area contributed by atoms with Crippen LogP contribution < -0.4 is 4.74 Å². The number of hydrogen-bond acceptors (Lipinski definition) is 5. The van der Waals surface area contributed by atoms with E-state index in [1.54, 1.807) is 0 Å². The minimum Gasteiger partial charge on any atom is -0.465 e. The number of ether oxygens (including phenoxy) is 2. The van der Waals surface area contributed by atoms with Gasteiger partial charge in [0.15, 0.2) is 0 Å². The van der Waals surface area contributed by atoms with Crippen LogP contribution in [0.15, 0.2) is 24.3 Å². The first kappa shape index (κ1) is 20.9. The SMILES string of the molecule is CC.CC.Cc1ccc(OC2CC(O)C(O)C(CO)O2)cc1. The summed E-state index contributed by atoms with van der Waals surface area (Å²) in [7, 11) is 0. The third kappa shape index (κ3) is 6.32. The Morgan fingerprint density at radius 2 is 1.64 bits per heavy atom. The maximum Gasteiger partial charge on any atom is 0.202 e. The molecule has 0 bridgehead atoms. The van der Waals surface area contributed by atoms with Gasteiger partial charge >= 0.3 is 0 Å². The van der Waals surface area contributed by atoms with Crippen molar-refractivity contribution in [2.45, 2.75) is 65.6 Å². The normalized spacial score (nSPS) is 26.9. The van der Waals surface area contributed by atoms with E-state index in [2.05, 4.69) is 0 Å². The van der Waals surface area contributed by atoms with Crippen molar-refractivity contribution in [2.75, 3.05) is 6.61 Å². The Balaban J connectivity index is 0.00000102. The van der Waals surface area contributed by atoms with Crippen LogP contribution >= 0.6 is 0 Å². The van der Waals surface area contributed by atoms with Gasteiger partial charge in [-0.15, -0.1) is 0 Å². The molecular weight excluding hydrogens is 284 g/mol. The molecule has 3 N–H and O–H groups in total. The Morgan fingerprint density at radius 3 is 2.14 bits per heavy atom.